The van der Waals surface area contributed by atoms with E-state index in [-0.39, 0.29) is 6.10 Å². The highest BCUT2D eigenvalue weighted by atomic mass is 16.5. The fourth-order valence-corrected chi connectivity index (χ4v) is 2.01. The molecule has 0 spiro atoms. The molecule has 2 rings (SSSR count). The number of nitrogens with one attached hydrogen (secondary N) is 1. The average Bonchev–Trinajstić information content (AvgIpc) is 2.60. The molecule has 0 aliphatic rings. The van der Waals surface area contributed by atoms with Gasteiger partial charge in [-0.1, -0.05) is 54.6 Å². The molecule has 23 heavy (non-hydrogen) atoms. The van der Waals surface area contributed by atoms with Crippen molar-refractivity contribution in [2.75, 3.05) is 0 Å². The van der Waals surface area contributed by atoms with Crippen molar-refractivity contribution >= 4 is 5.91 Å². The largest absolute Gasteiger partial charge is 0.487 e. The summed E-state index contributed by atoms with van der Waals surface area (Å²) in [5, 5.41) is 8.34. The fraction of sp³-hybridized carbons (Fsp3) is 0.105. The van der Waals surface area contributed by atoms with Gasteiger partial charge in [-0.05, 0) is 36.3 Å². The lowest BCUT2D eigenvalue weighted by molar-refractivity contribution is -0.124. The van der Waals surface area contributed by atoms with Crippen molar-refractivity contribution in [1.29, 1.82) is 0 Å². The maximum atomic E-state index is 10.8. The van der Waals surface area contributed by atoms with Gasteiger partial charge in [0.25, 0.3) is 5.91 Å². The van der Waals surface area contributed by atoms with E-state index in [1.54, 1.807) is 6.08 Å². The molecule has 2 N–H and O–H groups in total. The number of hydroxylamine groups is 1. The minimum absolute atomic E-state index is 0.139. The van der Waals surface area contributed by atoms with Crippen LogP contribution in [0.15, 0.2) is 78.9 Å². The van der Waals surface area contributed by atoms with Gasteiger partial charge >= 0.3 is 0 Å². The quantitative estimate of drug-likeness (QED) is 0.370. The number of rotatable bonds is 6. The van der Waals surface area contributed by atoms with Crippen molar-refractivity contribution in [3.8, 4) is 16.9 Å². The van der Waals surface area contributed by atoms with Gasteiger partial charge in [0.1, 0.15) is 11.9 Å². The molecular formula is C19H19NO3. The maximum absolute atomic E-state index is 10.8. The molecule has 0 aromatic heterocycles. The number of hydrogen-bond donors (Lipinski definition) is 2. The zero-order valence-corrected chi connectivity index (χ0v) is 12.8. The Labute approximate surface area is 135 Å². The van der Waals surface area contributed by atoms with Gasteiger partial charge in [0, 0.05) is 6.08 Å². The van der Waals surface area contributed by atoms with E-state index in [1.807, 2.05) is 55.5 Å². The summed E-state index contributed by atoms with van der Waals surface area (Å²) in [7, 11) is 0. The van der Waals surface area contributed by atoms with Crippen LogP contribution in [0.2, 0.25) is 0 Å². The molecule has 0 heterocycles. The molecule has 0 aliphatic carbocycles. The normalized spacial score (nSPS) is 12.4. The Morgan fingerprint density at radius 2 is 1.70 bits per heavy atom. The van der Waals surface area contributed by atoms with Gasteiger partial charge in [0.15, 0.2) is 0 Å². The van der Waals surface area contributed by atoms with Crippen LogP contribution in [-0.4, -0.2) is 17.2 Å². The second kappa shape index (κ2) is 8.56. The monoisotopic (exact) mass is 309 g/mol. The minimum Gasteiger partial charge on any atom is -0.487 e. The van der Waals surface area contributed by atoms with Crippen LogP contribution in [0.4, 0.5) is 0 Å². The van der Waals surface area contributed by atoms with E-state index in [0.29, 0.717) is 0 Å². The van der Waals surface area contributed by atoms with Crippen LogP contribution < -0.4 is 10.2 Å². The van der Waals surface area contributed by atoms with Crippen LogP contribution >= 0.6 is 0 Å². The second-order valence-electron chi connectivity index (χ2n) is 4.93. The number of allylic oxidation sites excluding steroid dienone is 2. The first-order valence-corrected chi connectivity index (χ1v) is 7.30. The van der Waals surface area contributed by atoms with Crippen molar-refractivity contribution in [2.45, 2.75) is 13.0 Å². The number of hydrogen-bond acceptors (Lipinski definition) is 3. The number of ether oxygens (including phenoxy) is 1. The van der Waals surface area contributed by atoms with Gasteiger partial charge < -0.3 is 4.74 Å². The van der Waals surface area contributed by atoms with E-state index in [4.69, 9.17) is 9.94 Å². The summed E-state index contributed by atoms with van der Waals surface area (Å²) >= 11 is 0. The molecule has 0 bridgehead atoms. The van der Waals surface area contributed by atoms with E-state index in [0.717, 1.165) is 11.3 Å². The van der Waals surface area contributed by atoms with Crippen molar-refractivity contribution in [3.05, 3.63) is 78.9 Å². The van der Waals surface area contributed by atoms with Crippen LogP contribution in [-0.2, 0) is 4.79 Å². The van der Waals surface area contributed by atoms with Gasteiger partial charge in [-0.15, -0.1) is 0 Å². The molecule has 118 valence electrons. The van der Waals surface area contributed by atoms with Crippen LogP contribution in [0.5, 0.6) is 5.75 Å². The zero-order chi connectivity index (χ0) is 16.5. The van der Waals surface area contributed by atoms with Gasteiger partial charge in [-0.3, -0.25) is 10.0 Å². The van der Waals surface area contributed by atoms with Crippen molar-refractivity contribution in [1.82, 2.24) is 5.48 Å². The predicted molar refractivity (Wildman–Crippen MR) is 90.2 cm³/mol. The molecule has 0 radical (unpaired) electrons. The molecule has 0 saturated heterocycles. The molecule has 0 saturated carbocycles. The first-order valence-electron chi connectivity index (χ1n) is 7.30. The van der Waals surface area contributed by atoms with Crippen LogP contribution in [0.3, 0.4) is 0 Å². The lowest BCUT2D eigenvalue weighted by Crippen LogP contribution is -2.14. The summed E-state index contributed by atoms with van der Waals surface area (Å²) < 4.78 is 5.77. The van der Waals surface area contributed by atoms with Gasteiger partial charge in [-0.25, -0.2) is 5.48 Å². The third kappa shape index (κ3) is 5.45. The lowest BCUT2D eigenvalue weighted by Gasteiger charge is -2.11. The standard InChI is InChI=1S/C19H19NO3/c1-15(7-5-6-10-19(21)20-22)23-18-13-11-17(12-14-18)16-8-3-2-4-9-16/h2-15,22H,1H3,(H,20,21)/b7-5+,10-6+/t15-/m1/s1. The highest BCUT2D eigenvalue weighted by molar-refractivity contribution is 5.86. The molecule has 4 heteroatoms. The number of amides is 1. The molecule has 0 unspecified atom stereocenters. The summed E-state index contributed by atoms with van der Waals surface area (Å²) in [5.41, 5.74) is 3.82. The molecule has 0 aliphatic heterocycles. The number of benzene rings is 2. The van der Waals surface area contributed by atoms with Crippen LogP contribution in [0.25, 0.3) is 11.1 Å². The fourth-order valence-electron chi connectivity index (χ4n) is 2.01. The maximum Gasteiger partial charge on any atom is 0.267 e. The highest BCUT2D eigenvalue weighted by Crippen LogP contribution is 2.22. The molecular weight excluding hydrogens is 290 g/mol. The Kier molecular flexibility index (Phi) is 6.15. The molecule has 2 aromatic carbocycles. The van der Waals surface area contributed by atoms with Gasteiger partial charge in [0.05, 0.1) is 0 Å². The van der Waals surface area contributed by atoms with E-state index in [2.05, 4.69) is 12.1 Å². The van der Waals surface area contributed by atoms with E-state index < -0.39 is 5.91 Å². The Bertz CT molecular complexity index is 676. The topological polar surface area (TPSA) is 58.6 Å². The van der Waals surface area contributed by atoms with Crippen molar-refractivity contribution in [2.24, 2.45) is 0 Å². The molecule has 4 nitrogen and oxygen atoms in total. The summed E-state index contributed by atoms with van der Waals surface area (Å²) in [4.78, 5) is 10.8. The second-order valence-corrected chi connectivity index (χ2v) is 4.93. The number of carbonyl (C=O) groups excluding carboxylic acids is 1. The molecule has 0 fully saturated rings. The molecule has 1 atom stereocenters. The summed E-state index contributed by atoms with van der Waals surface area (Å²) in [5.74, 6) is 0.207. The number of carbonyl (C=O) groups is 1. The first-order chi connectivity index (χ1) is 11.2. The zero-order valence-electron chi connectivity index (χ0n) is 12.8. The third-order valence-electron chi connectivity index (χ3n) is 3.13. The smallest absolute Gasteiger partial charge is 0.267 e. The Morgan fingerprint density at radius 3 is 2.35 bits per heavy atom. The van der Waals surface area contributed by atoms with Gasteiger partial charge in [0.2, 0.25) is 0 Å². The SMILES string of the molecule is C[C@H](/C=C/C=C/C(=O)NO)Oc1ccc(-c2ccccc2)cc1. The Morgan fingerprint density at radius 1 is 1.04 bits per heavy atom. The van der Waals surface area contributed by atoms with Crippen LogP contribution in [0, 0.1) is 0 Å². The Hall–Kier alpha value is -2.85. The Balaban J connectivity index is 1.92. The average molecular weight is 309 g/mol. The van der Waals surface area contributed by atoms with Crippen molar-refractivity contribution < 1.29 is 14.7 Å². The third-order valence-corrected chi connectivity index (χ3v) is 3.13. The lowest BCUT2D eigenvalue weighted by atomic mass is 10.1. The van der Waals surface area contributed by atoms with Crippen molar-refractivity contribution in [3.63, 3.8) is 0 Å². The minimum atomic E-state index is -0.570. The summed E-state index contributed by atoms with van der Waals surface area (Å²) in [6.07, 6.45) is 6.12. The van der Waals surface area contributed by atoms with E-state index in [1.165, 1.54) is 23.2 Å². The summed E-state index contributed by atoms with van der Waals surface area (Å²) in [6, 6.07) is 18.1. The predicted octanol–water partition coefficient (Wildman–Crippen LogP) is 3.74. The highest BCUT2D eigenvalue weighted by Gasteiger charge is 2.01. The van der Waals surface area contributed by atoms with Crippen LogP contribution in [0.1, 0.15) is 6.92 Å². The first kappa shape index (κ1) is 16.5. The molecule has 2 aromatic rings. The molecule has 1 amide bonds. The van der Waals surface area contributed by atoms with E-state index in [9.17, 15) is 4.79 Å². The van der Waals surface area contributed by atoms with Gasteiger partial charge in [-0.2, -0.15) is 0 Å². The summed E-state index contributed by atoms with van der Waals surface area (Å²) in [6.45, 7) is 1.90. The van der Waals surface area contributed by atoms with E-state index >= 15 is 0 Å².